The lowest BCUT2D eigenvalue weighted by Crippen LogP contribution is -2.16. The molecule has 2 aromatic heterocycles. The van der Waals surface area contributed by atoms with Gasteiger partial charge in [-0.2, -0.15) is 5.10 Å². The van der Waals surface area contributed by atoms with Crippen LogP contribution in [0, 0.1) is 6.92 Å². The molecule has 0 fully saturated rings. The minimum atomic E-state index is -0.426. The van der Waals surface area contributed by atoms with Crippen LogP contribution in [-0.2, 0) is 0 Å². The molecule has 0 aliphatic carbocycles. The van der Waals surface area contributed by atoms with Gasteiger partial charge >= 0.3 is 5.91 Å². The Bertz CT molecular complexity index is 1460. The number of halogens is 1. The molecular formula is C25H17BrN2O3. The molecule has 0 bridgehead atoms. The molecule has 1 N–H and O–H groups in total. The van der Waals surface area contributed by atoms with Gasteiger partial charge in [0.2, 0.25) is 0 Å². The minimum Gasteiger partial charge on any atom is -0.455 e. The van der Waals surface area contributed by atoms with E-state index in [1.54, 1.807) is 12.1 Å². The van der Waals surface area contributed by atoms with Gasteiger partial charge in [-0.25, -0.2) is 5.43 Å². The molecule has 2 heterocycles. The van der Waals surface area contributed by atoms with E-state index in [4.69, 9.17) is 8.83 Å². The molecule has 0 aliphatic heterocycles. The van der Waals surface area contributed by atoms with Crippen molar-refractivity contribution in [2.75, 3.05) is 0 Å². The first-order valence-corrected chi connectivity index (χ1v) is 10.5. The van der Waals surface area contributed by atoms with Gasteiger partial charge in [0.05, 0.1) is 6.21 Å². The highest BCUT2D eigenvalue weighted by atomic mass is 79.9. The number of nitrogens with zero attached hydrogens (tertiary/aromatic N) is 1. The second-order valence-corrected chi connectivity index (χ2v) is 8.05. The highest BCUT2D eigenvalue weighted by molar-refractivity contribution is 9.10. The zero-order valence-corrected chi connectivity index (χ0v) is 18.1. The third-order valence-corrected chi connectivity index (χ3v) is 5.68. The average Bonchev–Trinajstić information content (AvgIpc) is 3.41. The second-order valence-electron chi connectivity index (χ2n) is 7.19. The lowest BCUT2D eigenvalue weighted by atomic mass is 10.1. The van der Waals surface area contributed by atoms with Crippen LogP contribution in [0.4, 0.5) is 0 Å². The van der Waals surface area contributed by atoms with Crippen LogP contribution in [0.5, 0.6) is 0 Å². The standard InChI is InChI=1S/C25H17BrN2O3/c1-15-6-9-19(21(26)12-15)22-11-8-17(30-22)14-27-28-25(29)24-13-20-18-5-3-2-4-16(18)7-10-23(20)31-24/h2-14H,1H3,(H,28,29)/b27-14-. The Labute approximate surface area is 186 Å². The molecule has 1 amide bonds. The lowest BCUT2D eigenvalue weighted by Gasteiger charge is -2.01. The van der Waals surface area contributed by atoms with Crippen molar-refractivity contribution < 1.29 is 13.6 Å². The number of hydrogen-bond acceptors (Lipinski definition) is 4. The van der Waals surface area contributed by atoms with Gasteiger partial charge in [-0.05, 0) is 59.7 Å². The van der Waals surface area contributed by atoms with E-state index >= 15 is 0 Å². The summed E-state index contributed by atoms with van der Waals surface area (Å²) in [7, 11) is 0. The Kier molecular flexibility index (Phi) is 4.92. The van der Waals surface area contributed by atoms with Crippen LogP contribution in [0.3, 0.4) is 0 Å². The summed E-state index contributed by atoms with van der Waals surface area (Å²) in [6.45, 7) is 2.03. The SMILES string of the molecule is Cc1ccc(-c2ccc(/C=N\NC(=O)c3cc4c(ccc5ccccc54)o3)o2)c(Br)c1. The van der Waals surface area contributed by atoms with Crippen molar-refractivity contribution in [3.63, 3.8) is 0 Å². The Morgan fingerprint density at radius 1 is 0.968 bits per heavy atom. The molecule has 6 heteroatoms. The number of nitrogens with one attached hydrogen (secondary N) is 1. The molecule has 5 rings (SSSR count). The van der Waals surface area contributed by atoms with Crippen LogP contribution < -0.4 is 5.43 Å². The monoisotopic (exact) mass is 472 g/mol. The third kappa shape index (κ3) is 3.78. The highest BCUT2D eigenvalue weighted by Crippen LogP contribution is 2.30. The molecule has 0 saturated heterocycles. The van der Waals surface area contributed by atoms with E-state index in [1.807, 2.05) is 67.6 Å². The Balaban J connectivity index is 1.33. The summed E-state index contributed by atoms with van der Waals surface area (Å²) in [5, 5.41) is 7.03. The fraction of sp³-hybridized carbons (Fsp3) is 0.0400. The summed E-state index contributed by atoms with van der Waals surface area (Å²) in [6.07, 6.45) is 1.46. The van der Waals surface area contributed by atoms with Crippen LogP contribution in [0.15, 0.2) is 91.2 Å². The maximum Gasteiger partial charge on any atom is 0.307 e. The number of carbonyl (C=O) groups is 1. The van der Waals surface area contributed by atoms with Crippen LogP contribution in [-0.4, -0.2) is 12.1 Å². The quantitative estimate of drug-likeness (QED) is 0.234. The van der Waals surface area contributed by atoms with E-state index in [1.165, 1.54) is 6.21 Å². The number of carbonyl (C=O) groups excluding carboxylic acids is 1. The van der Waals surface area contributed by atoms with E-state index in [0.29, 0.717) is 17.1 Å². The minimum absolute atomic E-state index is 0.201. The van der Waals surface area contributed by atoms with Gasteiger partial charge < -0.3 is 8.83 Å². The van der Waals surface area contributed by atoms with Gasteiger partial charge in [0.1, 0.15) is 17.1 Å². The average molecular weight is 473 g/mol. The number of hydrogen-bond donors (Lipinski definition) is 1. The topological polar surface area (TPSA) is 67.7 Å². The fourth-order valence-electron chi connectivity index (χ4n) is 3.50. The van der Waals surface area contributed by atoms with Gasteiger partial charge in [-0.1, -0.05) is 52.3 Å². The first-order valence-electron chi connectivity index (χ1n) is 9.69. The first-order chi connectivity index (χ1) is 15.1. The summed E-state index contributed by atoms with van der Waals surface area (Å²) < 4.78 is 12.5. The Morgan fingerprint density at radius 2 is 1.84 bits per heavy atom. The second kappa shape index (κ2) is 7.89. The van der Waals surface area contributed by atoms with E-state index in [0.717, 1.165) is 31.8 Å². The van der Waals surface area contributed by atoms with Crippen molar-refractivity contribution in [3.05, 3.63) is 94.4 Å². The number of amides is 1. The summed E-state index contributed by atoms with van der Waals surface area (Å²) in [5.41, 5.74) is 5.26. The lowest BCUT2D eigenvalue weighted by molar-refractivity contribution is 0.0929. The van der Waals surface area contributed by atoms with E-state index < -0.39 is 5.91 Å². The molecule has 0 atom stereocenters. The van der Waals surface area contributed by atoms with Gasteiger partial charge in [0, 0.05) is 15.4 Å². The van der Waals surface area contributed by atoms with Crippen molar-refractivity contribution in [2.24, 2.45) is 5.10 Å². The van der Waals surface area contributed by atoms with Crippen molar-refractivity contribution >= 4 is 49.8 Å². The number of aryl methyl sites for hydroxylation is 1. The van der Waals surface area contributed by atoms with Crippen LogP contribution >= 0.6 is 15.9 Å². The smallest absolute Gasteiger partial charge is 0.307 e. The van der Waals surface area contributed by atoms with Crippen LogP contribution in [0.2, 0.25) is 0 Å². The van der Waals surface area contributed by atoms with Crippen molar-refractivity contribution in [2.45, 2.75) is 6.92 Å². The number of fused-ring (bicyclic) bond motifs is 3. The molecule has 5 aromatic rings. The molecule has 152 valence electrons. The van der Waals surface area contributed by atoms with Crippen molar-refractivity contribution in [1.82, 2.24) is 5.43 Å². The van der Waals surface area contributed by atoms with E-state index in [9.17, 15) is 4.79 Å². The molecule has 0 radical (unpaired) electrons. The number of benzene rings is 3. The zero-order valence-electron chi connectivity index (χ0n) is 16.6. The van der Waals surface area contributed by atoms with E-state index in [2.05, 4.69) is 26.5 Å². The molecule has 0 unspecified atom stereocenters. The summed E-state index contributed by atoms with van der Waals surface area (Å²) in [5.74, 6) is 1.01. The van der Waals surface area contributed by atoms with E-state index in [-0.39, 0.29) is 5.76 Å². The third-order valence-electron chi connectivity index (χ3n) is 5.02. The predicted molar refractivity (Wildman–Crippen MR) is 125 cm³/mol. The maximum atomic E-state index is 12.5. The molecule has 5 nitrogen and oxygen atoms in total. The van der Waals surface area contributed by atoms with Gasteiger partial charge in [0.25, 0.3) is 0 Å². The number of rotatable bonds is 4. The van der Waals surface area contributed by atoms with Gasteiger partial charge in [-0.15, -0.1) is 0 Å². The molecule has 3 aromatic carbocycles. The Morgan fingerprint density at radius 3 is 2.71 bits per heavy atom. The largest absolute Gasteiger partial charge is 0.455 e. The fourth-order valence-corrected chi connectivity index (χ4v) is 4.19. The Hall–Kier alpha value is -3.64. The summed E-state index contributed by atoms with van der Waals surface area (Å²) in [6, 6.07) is 23.3. The molecule has 0 spiro atoms. The normalized spacial score (nSPS) is 11.5. The van der Waals surface area contributed by atoms with Crippen molar-refractivity contribution in [3.8, 4) is 11.3 Å². The summed E-state index contributed by atoms with van der Waals surface area (Å²) >= 11 is 3.56. The predicted octanol–water partition coefficient (Wildman–Crippen LogP) is 6.68. The maximum absolute atomic E-state index is 12.5. The molecule has 0 saturated carbocycles. The van der Waals surface area contributed by atoms with Crippen LogP contribution in [0.25, 0.3) is 33.1 Å². The van der Waals surface area contributed by atoms with Crippen molar-refractivity contribution in [1.29, 1.82) is 0 Å². The van der Waals surface area contributed by atoms with Crippen LogP contribution in [0.1, 0.15) is 21.9 Å². The molecular weight excluding hydrogens is 456 g/mol. The van der Waals surface area contributed by atoms with Gasteiger partial charge in [-0.3, -0.25) is 4.79 Å². The molecule has 31 heavy (non-hydrogen) atoms. The highest BCUT2D eigenvalue weighted by Gasteiger charge is 2.13. The number of furan rings is 2. The van der Waals surface area contributed by atoms with Gasteiger partial charge in [0.15, 0.2) is 5.76 Å². The first kappa shape index (κ1) is 19.3. The zero-order chi connectivity index (χ0) is 21.4. The summed E-state index contributed by atoms with van der Waals surface area (Å²) in [4.78, 5) is 12.5. The molecule has 0 aliphatic rings. The number of hydrazone groups is 1.